The molecule has 7 nitrogen and oxygen atoms in total. The number of fused-ring (bicyclic) bond motifs is 1. The molecule has 2 heterocycles. The van der Waals surface area contributed by atoms with Crippen LogP contribution in [0, 0.1) is 5.41 Å². The number of carbonyl (C=O) groups is 1. The monoisotopic (exact) mass is 376 g/mol. The van der Waals surface area contributed by atoms with Crippen LogP contribution in [0.1, 0.15) is 23.1 Å². The van der Waals surface area contributed by atoms with Crippen molar-refractivity contribution < 1.29 is 14.6 Å². The predicted molar refractivity (Wildman–Crippen MR) is 108 cm³/mol. The number of imidazole rings is 1. The smallest absolute Gasteiger partial charge is 0.338 e. The second kappa shape index (κ2) is 6.84. The van der Waals surface area contributed by atoms with E-state index in [1.54, 1.807) is 36.1 Å². The number of carbonyl (C=O) groups excluding carboxylic acids is 1. The molecule has 0 saturated heterocycles. The molecule has 0 saturated carbocycles. The summed E-state index contributed by atoms with van der Waals surface area (Å²) in [5.74, 6) is 0.331. The first-order valence-electron chi connectivity index (χ1n) is 8.98. The number of nitrogens with one attached hydrogen (secondary N) is 1. The van der Waals surface area contributed by atoms with E-state index in [0.29, 0.717) is 29.3 Å². The standard InChI is InChI=1S/C21H20N4O3/c1-3-28-21(27)13-7-6-8-14(11-13)25-12-17(26)18(19(25)22)20-23-15-9-4-5-10-16(15)24(20)2/h4-11,22,26H,3,12H2,1-2H3. The Labute approximate surface area is 162 Å². The average molecular weight is 376 g/mol. The third-order valence-electron chi connectivity index (χ3n) is 4.78. The molecule has 0 atom stereocenters. The van der Waals surface area contributed by atoms with Crippen LogP contribution in [0.2, 0.25) is 0 Å². The van der Waals surface area contributed by atoms with Gasteiger partial charge in [0.15, 0.2) is 0 Å². The molecule has 0 bridgehead atoms. The van der Waals surface area contributed by atoms with Gasteiger partial charge in [-0.2, -0.15) is 0 Å². The van der Waals surface area contributed by atoms with Crippen molar-refractivity contribution in [2.45, 2.75) is 6.92 Å². The maximum absolute atomic E-state index is 12.0. The topological polar surface area (TPSA) is 91.4 Å². The number of hydrogen-bond donors (Lipinski definition) is 2. The zero-order valence-electron chi connectivity index (χ0n) is 15.6. The number of benzene rings is 2. The molecule has 0 radical (unpaired) electrons. The van der Waals surface area contributed by atoms with Gasteiger partial charge in [-0.3, -0.25) is 5.41 Å². The molecule has 0 spiro atoms. The first-order valence-corrected chi connectivity index (χ1v) is 8.98. The highest BCUT2D eigenvalue weighted by Crippen LogP contribution is 2.32. The first kappa shape index (κ1) is 17.8. The van der Waals surface area contributed by atoms with Crippen LogP contribution in [0.15, 0.2) is 54.3 Å². The van der Waals surface area contributed by atoms with Crippen molar-refractivity contribution in [1.29, 1.82) is 5.41 Å². The maximum atomic E-state index is 12.0. The first-order chi connectivity index (χ1) is 13.5. The Bertz CT molecular complexity index is 1130. The van der Waals surface area contributed by atoms with E-state index in [-0.39, 0.29) is 18.1 Å². The Morgan fingerprint density at radius 2 is 2.04 bits per heavy atom. The van der Waals surface area contributed by atoms with Gasteiger partial charge in [-0.1, -0.05) is 18.2 Å². The third-order valence-corrected chi connectivity index (χ3v) is 4.78. The minimum atomic E-state index is -0.414. The lowest BCUT2D eigenvalue weighted by Gasteiger charge is -2.19. The summed E-state index contributed by atoms with van der Waals surface area (Å²) in [6.45, 7) is 2.19. The molecule has 7 heteroatoms. The normalized spacial score (nSPS) is 14.2. The van der Waals surface area contributed by atoms with Crippen molar-refractivity contribution in [3.8, 4) is 0 Å². The van der Waals surface area contributed by atoms with Gasteiger partial charge >= 0.3 is 5.97 Å². The Hall–Kier alpha value is -3.61. The number of ether oxygens (including phenoxy) is 1. The van der Waals surface area contributed by atoms with Gasteiger partial charge in [-0.05, 0) is 37.3 Å². The molecule has 0 unspecified atom stereocenters. The van der Waals surface area contributed by atoms with Gasteiger partial charge in [0.2, 0.25) is 0 Å². The Morgan fingerprint density at radius 3 is 2.79 bits per heavy atom. The van der Waals surface area contributed by atoms with Crippen LogP contribution in [-0.2, 0) is 11.8 Å². The van der Waals surface area contributed by atoms with Gasteiger partial charge in [0.25, 0.3) is 0 Å². The second-order valence-corrected chi connectivity index (χ2v) is 6.51. The van der Waals surface area contributed by atoms with Crippen molar-refractivity contribution in [1.82, 2.24) is 9.55 Å². The van der Waals surface area contributed by atoms with Crippen LogP contribution in [-0.4, -0.2) is 39.6 Å². The number of esters is 1. The lowest BCUT2D eigenvalue weighted by atomic mass is 10.2. The molecule has 0 aliphatic carbocycles. The summed E-state index contributed by atoms with van der Waals surface area (Å²) < 4.78 is 6.92. The number of para-hydroxylation sites is 2. The second-order valence-electron chi connectivity index (χ2n) is 6.51. The summed E-state index contributed by atoms with van der Waals surface area (Å²) in [6, 6.07) is 14.5. The number of anilines is 1. The van der Waals surface area contributed by atoms with Crippen molar-refractivity contribution in [2.24, 2.45) is 7.05 Å². The molecular formula is C21H20N4O3. The number of aromatic nitrogens is 2. The van der Waals surface area contributed by atoms with Crippen molar-refractivity contribution in [3.05, 3.63) is 65.7 Å². The molecule has 28 heavy (non-hydrogen) atoms. The van der Waals surface area contributed by atoms with Crippen molar-refractivity contribution in [2.75, 3.05) is 18.1 Å². The summed E-state index contributed by atoms with van der Waals surface area (Å²) in [5.41, 5.74) is 3.16. The summed E-state index contributed by atoms with van der Waals surface area (Å²) in [5, 5.41) is 19.2. The molecule has 1 aromatic heterocycles. The highest BCUT2D eigenvalue weighted by Gasteiger charge is 2.32. The zero-order valence-corrected chi connectivity index (χ0v) is 15.6. The van der Waals surface area contributed by atoms with Crippen LogP contribution in [0.5, 0.6) is 0 Å². The number of rotatable bonds is 4. The van der Waals surface area contributed by atoms with E-state index in [4.69, 9.17) is 10.1 Å². The van der Waals surface area contributed by atoms with Crippen LogP contribution < -0.4 is 4.90 Å². The Balaban J connectivity index is 1.70. The predicted octanol–water partition coefficient (Wildman–Crippen LogP) is 3.52. The minimum Gasteiger partial charge on any atom is -0.509 e. The van der Waals surface area contributed by atoms with Crippen LogP contribution >= 0.6 is 0 Å². The highest BCUT2D eigenvalue weighted by molar-refractivity contribution is 6.30. The van der Waals surface area contributed by atoms with Gasteiger partial charge in [-0.15, -0.1) is 0 Å². The van der Waals surface area contributed by atoms with Crippen LogP contribution in [0.4, 0.5) is 5.69 Å². The summed E-state index contributed by atoms with van der Waals surface area (Å²) in [7, 11) is 1.86. The zero-order chi connectivity index (χ0) is 19.8. The molecule has 4 rings (SSSR count). The van der Waals surface area contributed by atoms with Crippen LogP contribution in [0.3, 0.4) is 0 Å². The quantitative estimate of drug-likeness (QED) is 0.680. The average Bonchev–Trinajstić information content (AvgIpc) is 3.18. The molecule has 0 fully saturated rings. The van der Waals surface area contributed by atoms with E-state index in [9.17, 15) is 9.90 Å². The van der Waals surface area contributed by atoms with E-state index in [1.165, 1.54) is 0 Å². The molecular weight excluding hydrogens is 356 g/mol. The number of aryl methyl sites for hydroxylation is 1. The fraction of sp³-hybridized carbons (Fsp3) is 0.190. The van der Waals surface area contributed by atoms with Gasteiger partial charge < -0.3 is 19.3 Å². The molecule has 3 aromatic rings. The maximum Gasteiger partial charge on any atom is 0.338 e. The number of aliphatic hydroxyl groups excluding tert-OH is 1. The molecule has 1 aliphatic heterocycles. The largest absolute Gasteiger partial charge is 0.509 e. The number of aliphatic hydroxyl groups is 1. The van der Waals surface area contributed by atoms with Gasteiger partial charge in [0, 0.05) is 12.7 Å². The lowest BCUT2D eigenvalue weighted by molar-refractivity contribution is 0.0526. The number of amidine groups is 1. The fourth-order valence-corrected chi connectivity index (χ4v) is 3.42. The molecule has 2 N–H and O–H groups in total. The molecule has 1 aliphatic rings. The van der Waals surface area contributed by atoms with E-state index < -0.39 is 5.97 Å². The van der Waals surface area contributed by atoms with Crippen molar-refractivity contribution in [3.63, 3.8) is 0 Å². The Kier molecular flexibility index (Phi) is 4.35. The summed E-state index contributed by atoms with van der Waals surface area (Å²) >= 11 is 0. The van der Waals surface area contributed by atoms with E-state index in [2.05, 4.69) is 4.98 Å². The third kappa shape index (κ3) is 2.81. The summed E-state index contributed by atoms with van der Waals surface area (Å²) in [6.07, 6.45) is 0. The van der Waals surface area contributed by atoms with Crippen molar-refractivity contribution >= 4 is 34.1 Å². The van der Waals surface area contributed by atoms with Gasteiger partial charge in [-0.25, -0.2) is 9.78 Å². The fourth-order valence-electron chi connectivity index (χ4n) is 3.42. The molecule has 0 amide bonds. The molecule has 142 valence electrons. The van der Waals surface area contributed by atoms with Gasteiger partial charge in [0.05, 0.1) is 35.3 Å². The summed E-state index contributed by atoms with van der Waals surface area (Å²) in [4.78, 5) is 18.3. The molecule has 2 aromatic carbocycles. The SMILES string of the molecule is CCOC(=O)c1cccc(N2CC(O)=C(c3nc4ccccc4n3C)C2=N)c1. The van der Waals surface area contributed by atoms with E-state index in [0.717, 1.165) is 11.0 Å². The lowest BCUT2D eigenvalue weighted by Crippen LogP contribution is -2.26. The van der Waals surface area contributed by atoms with E-state index >= 15 is 0 Å². The highest BCUT2D eigenvalue weighted by atomic mass is 16.5. The van der Waals surface area contributed by atoms with Crippen LogP contribution in [0.25, 0.3) is 16.6 Å². The number of hydrogen-bond acceptors (Lipinski definition) is 5. The number of nitrogens with zero attached hydrogens (tertiary/aromatic N) is 3. The minimum absolute atomic E-state index is 0.0740. The van der Waals surface area contributed by atoms with E-state index in [1.807, 2.05) is 35.9 Å². The Morgan fingerprint density at radius 1 is 1.25 bits per heavy atom. The van der Waals surface area contributed by atoms with Gasteiger partial charge in [0.1, 0.15) is 17.4 Å².